The first-order chi connectivity index (χ1) is 11.5. The summed E-state index contributed by atoms with van der Waals surface area (Å²) >= 11 is 7.34. The number of carbonyl (C=O) groups excluding carboxylic acids is 2. The van der Waals surface area contributed by atoms with E-state index in [1.165, 1.54) is 28.2 Å². The zero-order chi connectivity index (χ0) is 17.1. The van der Waals surface area contributed by atoms with Gasteiger partial charge in [0.25, 0.3) is 5.91 Å². The van der Waals surface area contributed by atoms with E-state index < -0.39 is 0 Å². The lowest BCUT2D eigenvalue weighted by Gasteiger charge is -2.16. The summed E-state index contributed by atoms with van der Waals surface area (Å²) in [6, 6.07) is 9.01. The van der Waals surface area contributed by atoms with Crippen LogP contribution in [0.25, 0.3) is 0 Å². The van der Waals surface area contributed by atoms with Crippen LogP contribution < -0.4 is 10.9 Å². The van der Waals surface area contributed by atoms with Gasteiger partial charge in [-0.05, 0) is 54.5 Å². The molecule has 1 heterocycles. The van der Waals surface area contributed by atoms with Gasteiger partial charge < -0.3 is 0 Å². The van der Waals surface area contributed by atoms with Gasteiger partial charge in [0.1, 0.15) is 0 Å². The van der Waals surface area contributed by atoms with Gasteiger partial charge in [-0.1, -0.05) is 30.7 Å². The van der Waals surface area contributed by atoms with Crippen molar-refractivity contribution < 1.29 is 9.59 Å². The van der Waals surface area contributed by atoms with Gasteiger partial charge in [-0.2, -0.15) is 0 Å². The molecule has 6 heteroatoms. The average Bonchev–Trinajstić information content (AvgIpc) is 2.98. The minimum absolute atomic E-state index is 0.190. The average molecular weight is 363 g/mol. The number of halogens is 1. The fourth-order valence-corrected chi connectivity index (χ4v) is 4.07. The van der Waals surface area contributed by atoms with Crippen molar-refractivity contribution in [2.45, 2.75) is 32.6 Å². The Labute approximate surface area is 150 Å². The van der Waals surface area contributed by atoms with Crippen molar-refractivity contribution in [2.24, 2.45) is 5.92 Å². The first-order valence-electron chi connectivity index (χ1n) is 7.96. The molecule has 0 radical (unpaired) electrons. The summed E-state index contributed by atoms with van der Waals surface area (Å²) in [4.78, 5) is 26.1. The monoisotopic (exact) mass is 362 g/mol. The summed E-state index contributed by atoms with van der Waals surface area (Å²) in [6.45, 7) is 2.23. The van der Waals surface area contributed by atoms with E-state index in [4.69, 9.17) is 11.6 Å². The summed E-state index contributed by atoms with van der Waals surface area (Å²) in [5.41, 5.74) is 7.08. The van der Waals surface area contributed by atoms with Gasteiger partial charge >= 0.3 is 0 Å². The van der Waals surface area contributed by atoms with Crippen LogP contribution in [0.3, 0.4) is 0 Å². The molecular weight excluding hydrogens is 344 g/mol. The van der Waals surface area contributed by atoms with Crippen LogP contribution in [-0.2, 0) is 24.1 Å². The van der Waals surface area contributed by atoms with Gasteiger partial charge in [0.2, 0.25) is 5.91 Å². The topological polar surface area (TPSA) is 58.2 Å². The van der Waals surface area contributed by atoms with Crippen LogP contribution >= 0.6 is 22.9 Å². The molecule has 1 aromatic heterocycles. The van der Waals surface area contributed by atoms with Gasteiger partial charge in [-0.25, -0.2) is 0 Å². The summed E-state index contributed by atoms with van der Waals surface area (Å²) in [7, 11) is 0. The molecule has 1 aliphatic rings. The summed E-state index contributed by atoms with van der Waals surface area (Å²) in [5, 5.41) is 0.628. The van der Waals surface area contributed by atoms with Gasteiger partial charge in [-0.3, -0.25) is 20.4 Å². The lowest BCUT2D eigenvalue weighted by Crippen LogP contribution is -2.42. The molecule has 2 aromatic rings. The number of benzene rings is 1. The zero-order valence-electron chi connectivity index (χ0n) is 13.4. The highest BCUT2D eigenvalue weighted by atomic mass is 35.5. The fourth-order valence-electron chi connectivity index (χ4n) is 2.84. The largest absolute Gasteiger partial charge is 0.279 e. The Morgan fingerprint density at radius 3 is 2.75 bits per heavy atom. The predicted octanol–water partition coefficient (Wildman–Crippen LogP) is 3.53. The van der Waals surface area contributed by atoms with E-state index >= 15 is 0 Å². The molecule has 2 amide bonds. The van der Waals surface area contributed by atoms with E-state index in [1.54, 1.807) is 24.3 Å². The molecule has 126 valence electrons. The molecule has 1 aliphatic carbocycles. The normalized spacial score (nSPS) is 16.3. The summed E-state index contributed by atoms with van der Waals surface area (Å²) < 4.78 is 0. The third kappa shape index (κ3) is 4.16. The fraction of sp³-hybridized carbons (Fsp3) is 0.333. The first kappa shape index (κ1) is 17.0. The number of aryl methyl sites for hydroxylation is 1. The predicted molar refractivity (Wildman–Crippen MR) is 96.3 cm³/mol. The number of hydrazine groups is 1. The van der Waals surface area contributed by atoms with Crippen molar-refractivity contribution in [1.82, 2.24) is 10.9 Å². The quantitative estimate of drug-likeness (QED) is 0.820. The molecule has 3 rings (SSSR count). The van der Waals surface area contributed by atoms with E-state index in [1.807, 2.05) is 6.07 Å². The van der Waals surface area contributed by atoms with Crippen LogP contribution in [0.5, 0.6) is 0 Å². The number of nitrogens with one attached hydrogen (secondary N) is 2. The molecule has 1 aromatic carbocycles. The number of carbonyl (C=O) groups is 2. The van der Waals surface area contributed by atoms with Gasteiger partial charge in [0, 0.05) is 9.90 Å². The Kier molecular flexibility index (Phi) is 5.21. The SMILES string of the molecule is CC1CCc2sc(C(=O)NNC(=O)Cc3ccc(Cl)cc3)cc2C1. The number of amides is 2. The van der Waals surface area contributed by atoms with Gasteiger partial charge in [0.05, 0.1) is 11.3 Å². The Morgan fingerprint density at radius 1 is 1.25 bits per heavy atom. The number of hydrogen-bond donors (Lipinski definition) is 2. The number of hydrogen-bond acceptors (Lipinski definition) is 3. The molecule has 0 aliphatic heterocycles. The molecule has 1 atom stereocenters. The van der Waals surface area contributed by atoms with E-state index in [0.29, 0.717) is 15.8 Å². The standard InChI is InChI=1S/C18H19ClN2O2S/c1-11-2-7-15-13(8-11)10-16(24-15)18(23)21-20-17(22)9-12-3-5-14(19)6-4-12/h3-6,10-11H,2,7-9H2,1H3,(H,20,22)(H,21,23). The van der Waals surface area contributed by atoms with E-state index in [-0.39, 0.29) is 18.2 Å². The van der Waals surface area contributed by atoms with Crippen LogP contribution in [0.1, 0.15) is 39.0 Å². The number of fused-ring (bicyclic) bond motifs is 1. The third-order valence-electron chi connectivity index (χ3n) is 4.15. The summed E-state index contributed by atoms with van der Waals surface area (Å²) in [6.07, 6.45) is 3.43. The number of rotatable bonds is 3. The maximum absolute atomic E-state index is 12.2. The lowest BCUT2D eigenvalue weighted by molar-refractivity contribution is -0.121. The maximum Gasteiger partial charge on any atom is 0.279 e. The molecule has 2 N–H and O–H groups in total. The Morgan fingerprint density at radius 2 is 2.00 bits per heavy atom. The van der Waals surface area contributed by atoms with Crippen LogP contribution in [0.15, 0.2) is 30.3 Å². The van der Waals surface area contributed by atoms with Crippen molar-refractivity contribution in [3.63, 3.8) is 0 Å². The second-order valence-corrected chi connectivity index (χ2v) is 7.79. The minimum Gasteiger partial charge on any atom is -0.273 e. The molecular formula is C18H19ClN2O2S. The highest BCUT2D eigenvalue weighted by molar-refractivity contribution is 7.14. The van der Waals surface area contributed by atoms with Crippen molar-refractivity contribution in [1.29, 1.82) is 0 Å². The van der Waals surface area contributed by atoms with Crippen molar-refractivity contribution in [3.05, 3.63) is 56.2 Å². The van der Waals surface area contributed by atoms with Crippen LogP contribution in [0.2, 0.25) is 5.02 Å². The third-order valence-corrected chi connectivity index (χ3v) is 5.63. The Bertz CT molecular complexity index is 755. The first-order valence-corrected chi connectivity index (χ1v) is 9.16. The summed E-state index contributed by atoms with van der Waals surface area (Å²) in [5.74, 6) is 0.147. The van der Waals surface area contributed by atoms with Crippen molar-refractivity contribution in [2.75, 3.05) is 0 Å². The Balaban J connectivity index is 1.53. The number of thiophene rings is 1. The maximum atomic E-state index is 12.2. The molecule has 0 bridgehead atoms. The van der Waals surface area contributed by atoms with Crippen LogP contribution in [-0.4, -0.2) is 11.8 Å². The lowest BCUT2D eigenvalue weighted by atomic mass is 9.90. The van der Waals surface area contributed by atoms with Crippen LogP contribution in [0.4, 0.5) is 0 Å². The van der Waals surface area contributed by atoms with Gasteiger partial charge in [0.15, 0.2) is 0 Å². The van der Waals surface area contributed by atoms with E-state index in [2.05, 4.69) is 17.8 Å². The molecule has 4 nitrogen and oxygen atoms in total. The highest BCUT2D eigenvalue weighted by Crippen LogP contribution is 2.32. The second kappa shape index (κ2) is 7.36. The van der Waals surface area contributed by atoms with E-state index in [9.17, 15) is 9.59 Å². The van der Waals surface area contributed by atoms with E-state index in [0.717, 1.165) is 18.4 Å². The smallest absolute Gasteiger partial charge is 0.273 e. The molecule has 0 spiro atoms. The van der Waals surface area contributed by atoms with Gasteiger partial charge in [-0.15, -0.1) is 11.3 Å². The highest BCUT2D eigenvalue weighted by Gasteiger charge is 2.20. The molecule has 24 heavy (non-hydrogen) atoms. The zero-order valence-corrected chi connectivity index (χ0v) is 15.0. The molecule has 1 unspecified atom stereocenters. The molecule has 0 fully saturated rings. The Hall–Kier alpha value is -1.85. The van der Waals surface area contributed by atoms with Crippen LogP contribution in [0, 0.1) is 5.92 Å². The molecule has 0 saturated heterocycles. The van der Waals surface area contributed by atoms with Crippen molar-refractivity contribution >= 4 is 34.8 Å². The minimum atomic E-state index is -0.263. The van der Waals surface area contributed by atoms with Crippen molar-refractivity contribution in [3.8, 4) is 0 Å². The molecule has 0 saturated carbocycles. The second-order valence-electron chi connectivity index (χ2n) is 6.21.